The van der Waals surface area contributed by atoms with Gasteiger partial charge in [-0.25, -0.2) is 8.42 Å². The summed E-state index contributed by atoms with van der Waals surface area (Å²) in [7, 11) is -0.908. The normalized spacial score (nSPS) is 33.7. The number of nitrogens with two attached hydrogens (primary N) is 1. The second-order valence-corrected chi connectivity index (χ2v) is 7.76. The second kappa shape index (κ2) is 5.45. The molecule has 0 aromatic carbocycles. The molecule has 1 unspecified atom stereocenters. The van der Waals surface area contributed by atoms with Crippen LogP contribution in [0.4, 0.5) is 0 Å². The molecule has 0 bridgehead atoms. The molecule has 1 atom stereocenters. The van der Waals surface area contributed by atoms with Gasteiger partial charge in [0.1, 0.15) is 0 Å². The average molecular weight is 276 g/mol. The highest BCUT2D eigenvalue weighted by molar-refractivity contribution is 7.91. The monoisotopic (exact) mass is 276 g/mol. The Bertz CT molecular complexity index is 379. The molecule has 0 spiro atoms. The predicted octanol–water partition coefficient (Wildman–Crippen LogP) is 0.00330. The van der Waals surface area contributed by atoms with Gasteiger partial charge in [0.2, 0.25) is 0 Å². The lowest BCUT2D eigenvalue weighted by atomic mass is 9.90. The third-order valence-electron chi connectivity index (χ3n) is 4.45. The molecule has 2 N–H and O–H groups in total. The molecule has 2 aliphatic heterocycles. The van der Waals surface area contributed by atoms with Crippen molar-refractivity contribution in [1.29, 1.82) is 0 Å². The molecule has 2 saturated heterocycles. The summed E-state index contributed by atoms with van der Waals surface area (Å²) in [5.41, 5.74) is 5.57. The summed E-state index contributed by atoms with van der Waals surface area (Å²) in [4.78, 5) is 2.23. The van der Waals surface area contributed by atoms with E-state index in [-0.39, 0.29) is 11.3 Å². The van der Waals surface area contributed by atoms with Gasteiger partial charge >= 0.3 is 0 Å². The topological polar surface area (TPSA) is 72.6 Å². The van der Waals surface area contributed by atoms with Crippen molar-refractivity contribution in [2.45, 2.75) is 37.3 Å². The van der Waals surface area contributed by atoms with Crippen LogP contribution in [0.3, 0.4) is 0 Å². The summed E-state index contributed by atoms with van der Waals surface area (Å²) >= 11 is 0. The smallest absolute Gasteiger partial charge is 0.152 e. The molecule has 2 heterocycles. The first-order valence-electron chi connectivity index (χ1n) is 6.70. The number of ether oxygens (including phenoxy) is 1. The van der Waals surface area contributed by atoms with Crippen LogP contribution >= 0.6 is 0 Å². The number of likely N-dealkylation sites (N-methyl/N-ethyl adjacent to an activating group) is 1. The summed E-state index contributed by atoms with van der Waals surface area (Å²) in [6, 6.07) is 0.399. The third kappa shape index (κ3) is 2.87. The maximum absolute atomic E-state index is 11.9. The lowest BCUT2D eigenvalue weighted by molar-refractivity contribution is 0.00109. The fourth-order valence-electron chi connectivity index (χ4n) is 3.22. The molecule has 0 radical (unpaired) electrons. The molecule has 18 heavy (non-hydrogen) atoms. The van der Waals surface area contributed by atoms with Gasteiger partial charge in [0, 0.05) is 31.3 Å². The van der Waals surface area contributed by atoms with E-state index in [4.69, 9.17) is 10.5 Å². The molecule has 6 heteroatoms. The van der Waals surface area contributed by atoms with Crippen molar-refractivity contribution >= 4 is 9.84 Å². The molecule has 0 aromatic heterocycles. The van der Waals surface area contributed by atoms with Crippen LogP contribution in [0.25, 0.3) is 0 Å². The van der Waals surface area contributed by atoms with Crippen LogP contribution in [0.15, 0.2) is 0 Å². The minimum absolute atomic E-state index is 0.213. The minimum Gasteiger partial charge on any atom is -0.381 e. The number of sulfone groups is 1. The summed E-state index contributed by atoms with van der Waals surface area (Å²) in [5.74, 6) is 0.528. The van der Waals surface area contributed by atoms with Gasteiger partial charge in [-0.05, 0) is 32.7 Å². The zero-order chi connectivity index (χ0) is 13.2. The van der Waals surface area contributed by atoms with Crippen LogP contribution in [-0.4, -0.2) is 63.2 Å². The largest absolute Gasteiger partial charge is 0.381 e. The molecule has 2 rings (SSSR count). The van der Waals surface area contributed by atoms with Gasteiger partial charge in [-0.3, -0.25) is 4.90 Å². The Morgan fingerprint density at radius 1 is 1.39 bits per heavy atom. The zero-order valence-electron chi connectivity index (χ0n) is 11.1. The average Bonchev–Trinajstić information content (AvgIpc) is 2.37. The number of hydrogen-bond donors (Lipinski definition) is 1. The van der Waals surface area contributed by atoms with Crippen molar-refractivity contribution in [3.05, 3.63) is 0 Å². The standard InChI is InChI=1S/C12H24N2O3S/c1-14(11-3-6-17-7-4-11)12(9-13)5-2-8-18(15,16)10-12/h11H,2-10,13H2,1H3. The van der Waals surface area contributed by atoms with E-state index in [0.717, 1.165) is 38.9 Å². The van der Waals surface area contributed by atoms with Crippen LogP contribution in [0.5, 0.6) is 0 Å². The van der Waals surface area contributed by atoms with Gasteiger partial charge < -0.3 is 10.5 Å². The zero-order valence-corrected chi connectivity index (χ0v) is 11.9. The molecule has 2 fully saturated rings. The van der Waals surface area contributed by atoms with E-state index in [0.29, 0.717) is 18.3 Å². The highest BCUT2D eigenvalue weighted by Gasteiger charge is 2.43. The molecular formula is C12H24N2O3S. The van der Waals surface area contributed by atoms with E-state index in [1.54, 1.807) is 0 Å². The molecule has 0 amide bonds. The number of nitrogens with zero attached hydrogens (tertiary/aromatic N) is 1. The van der Waals surface area contributed by atoms with Crippen LogP contribution in [0.1, 0.15) is 25.7 Å². The predicted molar refractivity (Wildman–Crippen MR) is 71.3 cm³/mol. The SMILES string of the molecule is CN(C1CCOCC1)C1(CN)CCCS(=O)(=O)C1. The quantitative estimate of drug-likeness (QED) is 0.786. The summed E-state index contributed by atoms with van der Waals surface area (Å²) in [6.45, 7) is 1.95. The van der Waals surface area contributed by atoms with E-state index >= 15 is 0 Å². The number of hydrogen-bond acceptors (Lipinski definition) is 5. The van der Waals surface area contributed by atoms with Crippen molar-refractivity contribution in [1.82, 2.24) is 4.90 Å². The van der Waals surface area contributed by atoms with Crippen LogP contribution in [0.2, 0.25) is 0 Å². The Hall–Kier alpha value is -0.170. The first-order chi connectivity index (χ1) is 8.49. The highest BCUT2D eigenvalue weighted by Crippen LogP contribution is 2.31. The minimum atomic E-state index is -2.94. The van der Waals surface area contributed by atoms with Crippen molar-refractivity contribution in [2.75, 3.05) is 38.3 Å². The van der Waals surface area contributed by atoms with Gasteiger partial charge in [-0.2, -0.15) is 0 Å². The van der Waals surface area contributed by atoms with Gasteiger partial charge in [0.05, 0.1) is 11.5 Å². The lowest BCUT2D eigenvalue weighted by Crippen LogP contribution is -2.62. The molecule has 0 aromatic rings. The van der Waals surface area contributed by atoms with Crippen molar-refractivity contribution in [2.24, 2.45) is 5.73 Å². The van der Waals surface area contributed by atoms with Gasteiger partial charge in [0.25, 0.3) is 0 Å². The Morgan fingerprint density at radius 3 is 2.61 bits per heavy atom. The van der Waals surface area contributed by atoms with Gasteiger partial charge in [-0.1, -0.05) is 0 Å². The molecular weight excluding hydrogens is 252 g/mol. The summed E-state index contributed by atoms with van der Waals surface area (Å²) in [6.07, 6.45) is 3.56. The van der Waals surface area contributed by atoms with E-state index in [1.165, 1.54) is 0 Å². The lowest BCUT2D eigenvalue weighted by Gasteiger charge is -2.48. The molecule has 5 nitrogen and oxygen atoms in total. The first kappa shape index (κ1) is 14.2. The first-order valence-corrected chi connectivity index (χ1v) is 8.52. The van der Waals surface area contributed by atoms with Gasteiger partial charge in [-0.15, -0.1) is 0 Å². The van der Waals surface area contributed by atoms with Gasteiger partial charge in [0.15, 0.2) is 9.84 Å². The van der Waals surface area contributed by atoms with E-state index < -0.39 is 9.84 Å². The Labute approximate surface area is 110 Å². The van der Waals surface area contributed by atoms with Crippen molar-refractivity contribution < 1.29 is 13.2 Å². The maximum Gasteiger partial charge on any atom is 0.152 e. The molecule has 2 aliphatic rings. The molecule has 0 saturated carbocycles. The fraction of sp³-hybridized carbons (Fsp3) is 1.00. The summed E-state index contributed by atoms with van der Waals surface area (Å²) in [5, 5.41) is 0. The van der Waals surface area contributed by atoms with Crippen molar-refractivity contribution in [3.8, 4) is 0 Å². The molecule has 106 valence electrons. The van der Waals surface area contributed by atoms with Crippen LogP contribution < -0.4 is 5.73 Å². The van der Waals surface area contributed by atoms with Crippen LogP contribution in [0, 0.1) is 0 Å². The third-order valence-corrected chi connectivity index (χ3v) is 6.34. The fourth-order valence-corrected chi connectivity index (χ4v) is 5.23. The molecule has 0 aliphatic carbocycles. The van der Waals surface area contributed by atoms with E-state index in [9.17, 15) is 8.42 Å². The Balaban J connectivity index is 2.15. The van der Waals surface area contributed by atoms with E-state index in [1.807, 2.05) is 7.05 Å². The van der Waals surface area contributed by atoms with Crippen molar-refractivity contribution in [3.63, 3.8) is 0 Å². The van der Waals surface area contributed by atoms with Crippen LogP contribution in [-0.2, 0) is 14.6 Å². The highest BCUT2D eigenvalue weighted by atomic mass is 32.2. The second-order valence-electron chi connectivity index (χ2n) is 5.58. The number of rotatable bonds is 3. The maximum atomic E-state index is 11.9. The Kier molecular flexibility index (Phi) is 4.31. The summed E-state index contributed by atoms with van der Waals surface area (Å²) < 4.78 is 29.2. The van der Waals surface area contributed by atoms with E-state index in [2.05, 4.69) is 4.90 Å². The Morgan fingerprint density at radius 2 is 2.06 bits per heavy atom.